The van der Waals surface area contributed by atoms with Gasteiger partial charge in [0, 0.05) is 37.2 Å². The Morgan fingerprint density at radius 1 is 1.39 bits per heavy atom. The maximum absolute atomic E-state index is 12.4. The molecule has 7 nitrogen and oxygen atoms in total. The summed E-state index contributed by atoms with van der Waals surface area (Å²) >= 11 is 0. The second-order valence-electron chi connectivity index (χ2n) is 6.08. The molecule has 1 aliphatic heterocycles. The Morgan fingerprint density at radius 3 is 2.83 bits per heavy atom. The maximum atomic E-state index is 12.4. The van der Waals surface area contributed by atoms with Crippen LogP contribution in [0.2, 0.25) is 0 Å². The molecule has 3 rings (SSSR count). The molecule has 122 valence electrons. The van der Waals surface area contributed by atoms with Crippen LogP contribution in [-0.4, -0.2) is 39.8 Å². The molecule has 0 aromatic carbocycles. The number of carbonyl (C=O) groups excluding carboxylic acids is 2. The summed E-state index contributed by atoms with van der Waals surface area (Å²) in [6.07, 6.45) is 4.05. The topological polar surface area (TPSA) is 104 Å². The maximum Gasteiger partial charge on any atom is 0.267 e. The van der Waals surface area contributed by atoms with Gasteiger partial charge in [0.15, 0.2) is 0 Å². The van der Waals surface area contributed by atoms with E-state index >= 15 is 0 Å². The normalized spacial score (nSPS) is 24.9. The number of hydrogen-bond acceptors (Lipinski definition) is 5. The van der Waals surface area contributed by atoms with Crippen molar-refractivity contribution in [1.82, 2.24) is 15.7 Å². The molecule has 2 heterocycles. The third-order valence-corrected chi connectivity index (χ3v) is 4.36. The fraction of sp³-hybridized carbons (Fsp3) is 0.500. The van der Waals surface area contributed by atoms with Crippen LogP contribution in [0.25, 0.3) is 0 Å². The summed E-state index contributed by atoms with van der Waals surface area (Å²) in [4.78, 5) is 27.8. The van der Waals surface area contributed by atoms with Crippen LogP contribution in [0.15, 0.2) is 29.5 Å². The number of nitrogens with zero attached hydrogens (tertiary/aromatic N) is 2. The zero-order chi connectivity index (χ0) is 16.2. The monoisotopic (exact) mass is 316 g/mol. The van der Waals surface area contributed by atoms with Crippen molar-refractivity contribution in [1.29, 1.82) is 0 Å². The van der Waals surface area contributed by atoms with E-state index in [0.717, 1.165) is 5.69 Å². The van der Waals surface area contributed by atoms with E-state index in [9.17, 15) is 14.7 Å². The van der Waals surface area contributed by atoms with Gasteiger partial charge in [-0.25, -0.2) is 5.43 Å². The zero-order valence-electron chi connectivity index (χ0n) is 12.7. The predicted octanol–water partition coefficient (Wildman–Crippen LogP) is 0.146. The van der Waals surface area contributed by atoms with Crippen LogP contribution in [0.1, 0.15) is 31.4 Å². The minimum absolute atomic E-state index is 0.0962. The molecule has 0 unspecified atom stereocenters. The summed E-state index contributed by atoms with van der Waals surface area (Å²) in [5.74, 6) is -0.198. The van der Waals surface area contributed by atoms with Gasteiger partial charge in [-0.1, -0.05) is 6.07 Å². The Labute approximate surface area is 134 Å². The fourth-order valence-electron chi connectivity index (χ4n) is 2.93. The van der Waals surface area contributed by atoms with Crippen molar-refractivity contribution >= 4 is 17.5 Å². The van der Waals surface area contributed by atoms with Crippen LogP contribution < -0.4 is 10.7 Å². The van der Waals surface area contributed by atoms with Crippen molar-refractivity contribution in [3.63, 3.8) is 0 Å². The van der Waals surface area contributed by atoms with Crippen molar-refractivity contribution in [2.45, 2.75) is 44.2 Å². The highest BCUT2D eigenvalue weighted by Crippen LogP contribution is 2.31. The molecular formula is C16H20N4O3. The minimum atomic E-state index is -0.283. The average molecular weight is 316 g/mol. The van der Waals surface area contributed by atoms with E-state index in [-0.39, 0.29) is 36.3 Å². The van der Waals surface area contributed by atoms with E-state index in [1.807, 2.05) is 18.2 Å². The highest BCUT2D eigenvalue weighted by Gasteiger charge is 2.35. The van der Waals surface area contributed by atoms with Gasteiger partial charge >= 0.3 is 0 Å². The number of aliphatic hydroxyl groups excluding tert-OH is 1. The van der Waals surface area contributed by atoms with Crippen molar-refractivity contribution < 1.29 is 14.7 Å². The number of aromatic nitrogens is 1. The number of hydrogen-bond donors (Lipinski definition) is 3. The molecule has 0 saturated heterocycles. The van der Waals surface area contributed by atoms with Crippen molar-refractivity contribution in [2.75, 3.05) is 0 Å². The van der Waals surface area contributed by atoms with E-state index in [4.69, 9.17) is 0 Å². The molecule has 0 spiro atoms. The van der Waals surface area contributed by atoms with Gasteiger partial charge in [0.25, 0.3) is 5.91 Å². The first kappa shape index (κ1) is 15.6. The first-order valence-electron chi connectivity index (χ1n) is 7.86. The first-order chi connectivity index (χ1) is 11.1. The average Bonchev–Trinajstić information content (AvgIpc) is 2.53. The molecule has 1 atom stereocenters. The molecule has 1 saturated carbocycles. The van der Waals surface area contributed by atoms with Crippen molar-refractivity contribution in [3.05, 3.63) is 30.1 Å². The number of rotatable bonds is 5. The number of pyridine rings is 1. The van der Waals surface area contributed by atoms with Crippen LogP contribution in [0.3, 0.4) is 0 Å². The van der Waals surface area contributed by atoms with Crippen LogP contribution in [0.4, 0.5) is 0 Å². The molecule has 0 bridgehead atoms. The first-order valence-corrected chi connectivity index (χ1v) is 7.86. The lowest BCUT2D eigenvalue weighted by Crippen LogP contribution is -2.50. The molecular weight excluding hydrogens is 296 g/mol. The SMILES string of the molecule is O=C1CCC(C(=O)N[C@H](Cc2ccccn2)C2CC(O)C2)=NN1. The Hall–Kier alpha value is -2.28. The molecule has 1 aliphatic carbocycles. The Morgan fingerprint density at radius 2 is 2.22 bits per heavy atom. The summed E-state index contributed by atoms with van der Waals surface area (Å²) < 4.78 is 0. The van der Waals surface area contributed by atoms with Gasteiger partial charge in [-0.15, -0.1) is 0 Å². The molecule has 7 heteroatoms. The van der Waals surface area contributed by atoms with E-state index in [1.54, 1.807) is 6.20 Å². The highest BCUT2D eigenvalue weighted by atomic mass is 16.3. The number of aliphatic hydroxyl groups is 1. The van der Waals surface area contributed by atoms with E-state index in [1.165, 1.54) is 0 Å². The molecule has 2 aliphatic rings. The summed E-state index contributed by atoms with van der Waals surface area (Å²) in [6, 6.07) is 5.59. The van der Waals surface area contributed by atoms with Gasteiger partial charge < -0.3 is 10.4 Å². The largest absolute Gasteiger partial charge is 0.393 e. The van der Waals surface area contributed by atoms with Crippen LogP contribution in [0.5, 0.6) is 0 Å². The van der Waals surface area contributed by atoms with E-state index < -0.39 is 0 Å². The molecule has 0 radical (unpaired) electrons. The van der Waals surface area contributed by atoms with Gasteiger partial charge in [0.05, 0.1) is 6.10 Å². The Balaban J connectivity index is 1.66. The standard InChI is InChI=1S/C16H20N4O3/c21-12-7-10(8-12)14(9-11-3-1-2-6-17-11)18-16(23)13-4-5-15(22)20-19-13/h1-3,6,10,12,14,21H,4-5,7-9H2,(H,18,23)(H,20,22)/t10?,12?,14-/m1/s1. The molecule has 3 N–H and O–H groups in total. The number of amides is 2. The van der Waals surface area contributed by atoms with Gasteiger partial charge in [0.1, 0.15) is 5.71 Å². The zero-order valence-corrected chi connectivity index (χ0v) is 12.7. The van der Waals surface area contributed by atoms with Gasteiger partial charge in [0.2, 0.25) is 5.91 Å². The second kappa shape index (κ2) is 6.87. The third kappa shape index (κ3) is 3.92. The third-order valence-electron chi connectivity index (χ3n) is 4.36. The van der Waals surface area contributed by atoms with E-state index in [2.05, 4.69) is 20.8 Å². The quantitative estimate of drug-likeness (QED) is 0.719. The summed E-state index contributed by atoms with van der Waals surface area (Å²) in [7, 11) is 0. The highest BCUT2D eigenvalue weighted by molar-refractivity contribution is 6.39. The molecule has 1 aromatic heterocycles. The minimum Gasteiger partial charge on any atom is -0.393 e. The Kier molecular flexibility index (Phi) is 4.66. The van der Waals surface area contributed by atoms with Gasteiger partial charge in [-0.05, 0) is 30.9 Å². The van der Waals surface area contributed by atoms with E-state index in [0.29, 0.717) is 31.4 Å². The summed E-state index contributed by atoms with van der Waals surface area (Å²) in [5.41, 5.74) is 3.58. The molecule has 1 fully saturated rings. The van der Waals surface area contributed by atoms with Crippen LogP contribution in [0, 0.1) is 5.92 Å². The smallest absolute Gasteiger partial charge is 0.267 e. The number of nitrogens with one attached hydrogen (secondary N) is 2. The molecule has 23 heavy (non-hydrogen) atoms. The van der Waals surface area contributed by atoms with Crippen molar-refractivity contribution in [2.24, 2.45) is 11.0 Å². The molecule has 2 amide bonds. The van der Waals surface area contributed by atoms with Crippen molar-refractivity contribution in [3.8, 4) is 0 Å². The predicted molar refractivity (Wildman–Crippen MR) is 83.4 cm³/mol. The van der Waals surface area contributed by atoms with Gasteiger partial charge in [-0.2, -0.15) is 5.10 Å². The fourth-order valence-corrected chi connectivity index (χ4v) is 2.93. The van der Waals surface area contributed by atoms with Gasteiger partial charge in [-0.3, -0.25) is 14.6 Å². The summed E-state index contributed by atoms with van der Waals surface area (Å²) in [6.45, 7) is 0. The number of carbonyl (C=O) groups is 2. The van der Waals surface area contributed by atoms with Crippen LogP contribution in [-0.2, 0) is 16.0 Å². The number of hydrazone groups is 1. The Bertz CT molecular complexity index is 611. The lowest BCUT2D eigenvalue weighted by atomic mass is 9.76. The second-order valence-corrected chi connectivity index (χ2v) is 6.08. The van der Waals surface area contributed by atoms with Crippen LogP contribution >= 0.6 is 0 Å². The molecule has 1 aromatic rings. The lowest BCUT2D eigenvalue weighted by molar-refractivity contribution is -0.121. The lowest BCUT2D eigenvalue weighted by Gasteiger charge is -2.38. The summed E-state index contributed by atoms with van der Waals surface area (Å²) in [5, 5.41) is 16.4.